The molecule has 0 spiro atoms. The van der Waals surface area contributed by atoms with Crippen LogP contribution in [-0.4, -0.2) is 38.4 Å². The number of hydrogen-bond acceptors (Lipinski definition) is 6. The van der Waals surface area contributed by atoms with E-state index >= 15 is 0 Å². The Balaban J connectivity index is 1.96. The van der Waals surface area contributed by atoms with Crippen LogP contribution in [0.4, 0.5) is 0 Å². The quantitative estimate of drug-likeness (QED) is 0.0481. The van der Waals surface area contributed by atoms with Gasteiger partial charge >= 0.3 is 11.9 Å². The molecule has 0 aliphatic heterocycles. The van der Waals surface area contributed by atoms with Crippen molar-refractivity contribution in [1.82, 2.24) is 0 Å². The third-order valence-corrected chi connectivity index (χ3v) is 11.8. The Kier molecular flexibility index (Phi) is 41.2. The number of benzene rings is 1. The van der Waals surface area contributed by atoms with Crippen molar-refractivity contribution in [2.24, 2.45) is 0 Å². The Morgan fingerprint density at radius 1 is 0.400 bits per heavy atom. The highest BCUT2D eigenvalue weighted by atomic mass is 16.5. The van der Waals surface area contributed by atoms with Crippen molar-refractivity contribution in [2.45, 2.75) is 258 Å². The zero-order chi connectivity index (χ0) is 43.2. The van der Waals surface area contributed by atoms with Crippen LogP contribution in [0.3, 0.4) is 0 Å². The third-order valence-electron chi connectivity index (χ3n) is 11.8. The minimum Gasteiger partial charge on any atom is -0.490 e. The second-order valence-corrected chi connectivity index (χ2v) is 17.6. The summed E-state index contributed by atoms with van der Waals surface area (Å²) in [6.07, 6.45) is 47.2. The molecule has 0 amide bonds. The summed E-state index contributed by atoms with van der Waals surface area (Å²) in [7, 11) is 0. The number of carbonyl (C=O) groups excluding carboxylic acids is 2. The molecule has 0 aliphatic rings. The van der Waals surface area contributed by atoms with Crippen LogP contribution in [0.2, 0.25) is 0 Å². The van der Waals surface area contributed by atoms with Crippen LogP contribution in [0.15, 0.2) is 24.8 Å². The predicted octanol–water partition coefficient (Wildman–Crippen LogP) is 17.0. The van der Waals surface area contributed by atoms with Gasteiger partial charge in [-0.05, 0) is 56.2 Å². The van der Waals surface area contributed by atoms with Crippen molar-refractivity contribution in [3.8, 4) is 11.5 Å². The maximum Gasteiger partial charge on any atom is 0.305 e. The SMILES string of the molecule is C=Cc1ccc(OCCCCCCCCCCC(=O)OCCCCCCCCCCCC)c(OCCCCCCCCCCC(=O)OCCCCCCCCCCCC)c1. The molecule has 348 valence electrons. The van der Waals surface area contributed by atoms with Gasteiger partial charge in [0.1, 0.15) is 0 Å². The Bertz CT molecular complexity index is 1100. The summed E-state index contributed by atoms with van der Waals surface area (Å²) in [6.45, 7) is 11.0. The molecule has 0 atom stereocenters. The summed E-state index contributed by atoms with van der Waals surface area (Å²) in [5.74, 6) is 1.61. The van der Waals surface area contributed by atoms with E-state index in [1.807, 2.05) is 24.3 Å². The largest absolute Gasteiger partial charge is 0.490 e. The summed E-state index contributed by atoms with van der Waals surface area (Å²) in [5.41, 5.74) is 1.04. The molecule has 1 rings (SSSR count). The Labute approximate surface area is 371 Å². The molecular weight excluding hydrogens is 745 g/mol. The first-order chi connectivity index (χ1) is 29.6. The van der Waals surface area contributed by atoms with Crippen molar-refractivity contribution in [2.75, 3.05) is 26.4 Å². The van der Waals surface area contributed by atoms with Crippen molar-refractivity contribution < 1.29 is 28.5 Å². The maximum absolute atomic E-state index is 12.0. The molecule has 1 aromatic rings. The Morgan fingerprint density at radius 3 is 1.05 bits per heavy atom. The molecule has 0 heterocycles. The van der Waals surface area contributed by atoms with Gasteiger partial charge in [-0.2, -0.15) is 0 Å². The van der Waals surface area contributed by atoms with E-state index < -0.39 is 0 Å². The van der Waals surface area contributed by atoms with E-state index in [4.69, 9.17) is 18.9 Å². The van der Waals surface area contributed by atoms with Crippen LogP contribution in [-0.2, 0) is 19.1 Å². The fourth-order valence-electron chi connectivity index (χ4n) is 7.81. The average molecular weight is 841 g/mol. The molecule has 60 heavy (non-hydrogen) atoms. The lowest BCUT2D eigenvalue weighted by molar-refractivity contribution is -0.144. The van der Waals surface area contributed by atoms with Crippen molar-refractivity contribution in [3.05, 3.63) is 30.3 Å². The predicted molar refractivity (Wildman–Crippen MR) is 256 cm³/mol. The molecule has 0 bridgehead atoms. The highest BCUT2D eigenvalue weighted by molar-refractivity contribution is 5.69. The highest BCUT2D eigenvalue weighted by Gasteiger charge is 2.08. The molecule has 0 saturated heterocycles. The molecular formula is C54H96O6. The normalized spacial score (nSPS) is 11.2. The molecule has 6 nitrogen and oxygen atoms in total. The first kappa shape index (κ1) is 55.5. The topological polar surface area (TPSA) is 71.1 Å². The lowest BCUT2D eigenvalue weighted by Crippen LogP contribution is -2.05. The summed E-state index contributed by atoms with van der Waals surface area (Å²) in [4.78, 5) is 24.1. The third kappa shape index (κ3) is 37.3. The second kappa shape index (κ2) is 44.6. The van der Waals surface area contributed by atoms with Crippen LogP contribution >= 0.6 is 0 Å². The van der Waals surface area contributed by atoms with Crippen LogP contribution < -0.4 is 9.47 Å². The minimum atomic E-state index is -0.0156. The standard InChI is InChI=1S/C54H96O6/c1-4-7-9-11-13-15-19-27-33-39-47-59-53(55)41-35-29-23-17-21-25-31-37-45-57-51-44-43-50(6-3)49-52(51)58-46-38-32-26-22-18-24-30-36-42-54(56)60-48-40-34-28-20-16-14-12-10-8-5-2/h6,43-44,49H,3-5,7-42,45-48H2,1-2H3. The van der Waals surface area contributed by atoms with Crippen LogP contribution in [0, 0.1) is 0 Å². The van der Waals surface area contributed by atoms with Gasteiger partial charge in [-0.25, -0.2) is 0 Å². The number of carbonyl (C=O) groups is 2. The van der Waals surface area contributed by atoms with Gasteiger partial charge in [0.2, 0.25) is 0 Å². The van der Waals surface area contributed by atoms with Crippen molar-refractivity contribution >= 4 is 18.0 Å². The second-order valence-electron chi connectivity index (χ2n) is 17.6. The number of unbranched alkanes of at least 4 members (excludes halogenated alkanes) is 32. The van der Waals surface area contributed by atoms with E-state index in [9.17, 15) is 9.59 Å². The number of hydrogen-bond donors (Lipinski definition) is 0. The molecule has 0 radical (unpaired) electrons. The fourth-order valence-corrected chi connectivity index (χ4v) is 7.81. The van der Waals surface area contributed by atoms with Gasteiger partial charge < -0.3 is 18.9 Å². The first-order valence-corrected chi connectivity index (χ1v) is 25.9. The molecule has 0 unspecified atom stereocenters. The smallest absolute Gasteiger partial charge is 0.305 e. The van der Waals surface area contributed by atoms with Crippen molar-refractivity contribution in [3.63, 3.8) is 0 Å². The fraction of sp³-hybridized carbons (Fsp3) is 0.815. The van der Waals surface area contributed by atoms with E-state index in [2.05, 4.69) is 20.4 Å². The zero-order valence-electron chi connectivity index (χ0n) is 39.7. The van der Waals surface area contributed by atoms with Gasteiger partial charge in [0.15, 0.2) is 11.5 Å². The number of ether oxygens (including phenoxy) is 4. The van der Waals surface area contributed by atoms with Gasteiger partial charge in [0, 0.05) is 12.8 Å². The van der Waals surface area contributed by atoms with E-state index in [0.29, 0.717) is 39.3 Å². The Hall–Kier alpha value is -2.50. The molecule has 1 aromatic carbocycles. The lowest BCUT2D eigenvalue weighted by atomic mass is 10.1. The number of esters is 2. The molecule has 0 aliphatic carbocycles. The number of rotatable bonds is 47. The molecule has 0 aromatic heterocycles. The van der Waals surface area contributed by atoms with E-state index in [1.165, 1.54) is 167 Å². The molecule has 0 fully saturated rings. The van der Waals surface area contributed by atoms with Gasteiger partial charge in [-0.3, -0.25) is 9.59 Å². The maximum atomic E-state index is 12.0. The average Bonchev–Trinajstić information content (AvgIpc) is 3.25. The van der Waals surface area contributed by atoms with Gasteiger partial charge in [0.05, 0.1) is 26.4 Å². The first-order valence-electron chi connectivity index (χ1n) is 25.9. The lowest BCUT2D eigenvalue weighted by Gasteiger charge is -2.14. The minimum absolute atomic E-state index is 0.0151. The van der Waals surface area contributed by atoms with Gasteiger partial charge in [0.25, 0.3) is 0 Å². The summed E-state index contributed by atoms with van der Waals surface area (Å²) in [5, 5.41) is 0. The molecule has 6 heteroatoms. The molecule has 0 N–H and O–H groups in total. The zero-order valence-corrected chi connectivity index (χ0v) is 39.7. The van der Waals surface area contributed by atoms with Crippen LogP contribution in [0.25, 0.3) is 6.08 Å². The Morgan fingerprint density at radius 2 is 0.700 bits per heavy atom. The van der Waals surface area contributed by atoms with Crippen LogP contribution in [0.1, 0.15) is 263 Å². The van der Waals surface area contributed by atoms with Gasteiger partial charge in [-0.1, -0.05) is 225 Å². The summed E-state index contributed by atoms with van der Waals surface area (Å²) < 4.78 is 23.3. The van der Waals surface area contributed by atoms with Crippen LogP contribution in [0.5, 0.6) is 11.5 Å². The monoisotopic (exact) mass is 841 g/mol. The molecule has 0 saturated carbocycles. The van der Waals surface area contributed by atoms with Crippen molar-refractivity contribution in [1.29, 1.82) is 0 Å². The summed E-state index contributed by atoms with van der Waals surface area (Å²) in [6, 6.07) is 6.09. The van der Waals surface area contributed by atoms with Gasteiger partial charge in [-0.15, -0.1) is 0 Å². The van der Waals surface area contributed by atoms with E-state index in [1.54, 1.807) is 0 Å². The van der Waals surface area contributed by atoms with E-state index in [-0.39, 0.29) is 11.9 Å². The van der Waals surface area contributed by atoms with E-state index in [0.717, 1.165) is 81.3 Å². The summed E-state index contributed by atoms with van der Waals surface area (Å²) >= 11 is 0. The highest BCUT2D eigenvalue weighted by Crippen LogP contribution is 2.30.